The third kappa shape index (κ3) is 5.06. The first-order chi connectivity index (χ1) is 8.71. The van der Waals surface area contributed by atoms with Crippen molar-refractivity contribution in [1.29, 1.82) is 0 Å². The van der Waals surface area contributed by atoms with Crippen molar-refractivity contribution in [3.05, 3.63) is 34.3 Å². The average Bonchev–Trinajstić information content (AvgIpc) is 2.39. The van der Waals surface area contributed by atoms with Crippen LogP contribution in [0.3, 0.4) is 0 Å². The van der Waals surface area contributed by atoms with Gasteiger partial charge in [0.1, 0.15) is 0 Å². The molecule has 0 saturated carbocycles. The largest absolute Gasteiger partial charge is 0.354 e. The normalized spacial score (nSPS) is 12.9. The zero-order valence-electron chi connectivity index (χ0n) is 11.3. The molecule has 3 nitrogen and oxygen atoms in total. The first-order valence-corrected chi connectivity index (χ1v) is 7.04. The van der Waals surface area contributed by atoms with Crippen LogP contribution in [0.2, 0.25) is 0 Å². The van der Waals surface area contributed by atoms with Gasteiger partial charge < -0.3 is 14.8 Å². The van der Waals surface area contributed by atoms with Gasteiger partial charge in [-0.15, -0.1) is 0 Å². The van der Waals surface area contributed by atoms with Crippen LogP contribution in [0.15, 0.2) is 28.7 Å². The highest BCUT2D eigenvalue weighted by atomic mass is 79.9. The van der Waals surface area contributed by atoms with Crippen LogP contribution in [0.25, 0.3) is 0 Å². The molecule has 4 heteroatoms. The average molecular weight is 316 g/mol. The number of rotatable bonds is 8. The van der Waals surface area contributed by atoms with Gasteiger partial charge in [0.25, 0.3) is 0 Å². The minimum Gasteiger partial charge on any atom is -0.354 e. The summed E-state index contributed by atoms with van der Waals surface area (Å²) in [5.41, 5.74) is 1.27. The van der Waals surface area contributed by atoms with Crippen LogP contribution < -0.4 is 5.32 Å². The summed E-state index contributed by atoms with van der Waals surface area (Å²) in [5.74, 6) is 0. The first kappa shape index (κ1) is 15.6. The Balaban J connectivity index is 2.67. The molecule has 1 aromatic rings. The first-order valence-electron chi connectivity index (χ1n) is 6.24. The van der Waals surface area contributed by atoms with E-state index in [0.29, 0.717) is 0 Å². The highest BCUT2D eigenvalue weighted by Gasteiger charge is 2.20. The second-order valence-corrected chi connectivity index (χ2v) is 5.15. The Morgan fingerprint density at radius 2 is 1.78 bits per heavy atom. The number of nitrogens with one attached hydrogen (secondary N) is 1. The fraction of sp³-hybridized carbons (Fsp3) is 0.571. The summed E-state index contributed by atoms with van der Waals surface area (Å²) in [4.78, 5) is 0. The quantitative estimate of drug-likeness (QED) is 0.748. The maximum atomic E-state index is 5.36. The monoisotopic (exact) mass is 315 g/mol. The van der Waals surface area contributed by atoms with Gasteiger partial charge in [0, 0.05) is 18.7 Å². The Morgan fingerprint density at radius 3 is 2.28 bits per heavy atom. The molecule has 0 radical (unpaired) electrons. The Hall–Kier alpha value is -0.420. The smallest absolute Gasteiger partial charge is 0.172 e. The lowest BCUT2D eigenvalue weighted by Crippen LogP contribution is -2.44. The maximum Gasteiger partial charge on any atom is 0.172 e. The molecule has 18 heavy (non-hydrogen) atoms. The van der Waals surface area contributed by atoms with Crippen molar-refractivity contribution in [1.82, 2.24) is 5.32 Å². The van der Waals surface area contributed by atoms with Crippen LogP contribution in [0, 0.1) is 0 Å². The van der Waals surface area contributed by atoms with Crippen LogP contribution >= 0.6 is 15.9 Å². The lowest BCUT2D eigenvalue weighted by molar-refractivity contribution is -0.122. The summed E-state index contributed by atoms with van der Waals surface area (Å²) >= 11 is 3.44. The highest BCUT2D eigenvalue weighted by molar-refractivity contribution is 9.10. The van der Waals surface area contributed by atoms with E-state index in [9.17, 15) is 0 Å². The number of methoxy groups -OCH3 is 2. The third-order valence-corrected chi connectivity index (χ3v) is 3.35. The van der Waals surface area contributed by atoms with Gasteiger partial charge in [-0.3, -0.25) is 0 Å². The SMILES string of the molecule is CCCNC(Cc1ccc(Br)cc1)C(OC)OC. The molecule has 1 rings (SSSR count). The minimum atomic E-state index is -0.222. The van der Waals surface area contributed by atoms with Gasteiger partial charge in [-0.1, -0.05) is 35.0 Å². The summed E-state index contributed by atoms with van der Waals surface area (Å²) in [6.45, 7) is 3.11. The van der Waals surface area contributed by atoms with Crippen molar-refractivity contribution >= 4 is 15.9 Å². The molecular formula is C14H22BrNO2. The molecule has 1 N–H and O–H groups in total. The van der Waals surface area contributed by atoms with Crippen molar-refractivity contribution in [2.24, 2.45) is 0 Å². The molecule has 102 valence electrons. The van der Waals surface area contributed by atoms with E-state index in [1.54, 1.807) is 14.2 Å². The van der Waals surface area contributed by atoms with Crippen molar-refractivity contribution in [3.63, 3.8) is 0 Å². The van der Waals surface area contributed by atoms with Crippen LogP contribution in [-0.2, 0) is 15.9 Å². The fourth-order valence-corrected chi connectivity index (χ4v) is 2.16. The Kier molecular flexibility index (Phi) is 7.51. The van der Waals surface area contributed by atoms with E-state index in [4.69, 9.17) is 9.47 Å². The molecular weight excluding hydrogens is 294 g/mol. The molecule has 0 fully saturated rings. The Labute approximate surface area is 118 Å². The second kappa shape index (κ2) is 8.64. The van der Waals surface area contributed by atoms with Crippen molar-refractivity contribution in [3.8, 4) is 0 Å². The molecule has 1 aromatic carbocycles. The van der Waals surface area contributed by atoms with Crippen LogP contribution in [0.4, 0.5) is 0 Å². The summed E-state index contributed by atoms with van der Waals surface area (Å²) in [6, 6.07) is 8.52. The maximum absolute atomic E-state index is 5.36. The van der Waals surface area contributed by atoms with Gasteiger partial charge in [-0.2, -0.15) is 0 Å². The van der Waals surface area contributed by atoms with Gasteiger partial charge in [0.15, 0.2) is 6.29 Å². The predicted octanol–water partition coefficient (Wildman–Crippen LogP) is 2.98. The van der Waals surface area contributed by atoms with Gasteiger partial charge in [0.2, 0.25) is 0 Å². The van der Waals surface area contributed by atoms with E-state index in [0.717, 1.165) is 23.9 Å². The zero-order valence-corrected chi connectivity index (χ0v) is 12.9. The summed E-state index contributed by atoms with van der Waals surface area (Å²) < 4.78 is 11.8. The molecule has 0 aliphatic carbocycles. The van der Waals surface area contributed by atoms with E-state index in [1.165, 1.54) is 5.56 Å². The molecule has 0 aromatic heterocycles. The Morgan fingerprint density at radius 1 is 1.17 bits per heavy atom. The molecule has 0 amide bonds. The molecule has 0 saturated heterocycles. The third-order valence-electron chi connectivity index (χ3n) is 2.82. The lowest BCUT2D eigenvalue weighted by atomic mass is 10.1. The van der Waals surface area contributed by atoms with E-state index in [-0.39, 0.29) is 12.3 Å². The zero-order chi connectivity index (χ0) is 13.4. The van der Waals surface area contributed by atoms with Gasteiger partial charge in [-0.05, 0) is 37.1 Å². The van der Waals surface area contributed by atoms with E-state index < -0.39 is 0 Å². The molecule has 1 unspecified atom stereocenters. The van der Waals surface area contributed by atoms with Crippen molar-refractivity contribution in [2.45, 2.75) is 32.1 Å². The van der Waals surface area contributed by atoms with Crippen LogP contribution in [0.1, 0.15) is 18.9 Å². The summed E-state index contributed by atoms with van der Waals surface area (Å²) in [6.07, 6.45) is 1.76. The number of hydrogen-bond acceptors (Lipinski definition) is 3. The second-order valence-electron chi connectivity index (χ2n) is 4.23. The minimum absolute atomic E-state index is 0.168. The number of halogens is 1. The standard InChI is InChI=1S/C14H22BrNO2/c1-4-9-16-13(14(17-2)18-3)10-11-5-7-12(15)8-6-11/h5-8,13-14,16H,4,9-10H2,1-3H3. The summed E-state index contributed by atoms with van der Waals surface area (Å²) in [7, 11) is 3.35. The molecule has 0 aliphatic heterocycles. The lowest BCUT2D eigenvalue weighted by Gasteiger charge is -2.26. The fourth-order valence-electron chi connectivity index (χ4n) is 1.89. The number of benzene rings is 1. The molecule has 0 aliphatic rings. The van der Waals surface area contributed by atoms with E-state index in [2.05, 4.69) is 52.4 Å². The summed E-state index contributed by atoms with van der Waals surface area (Å²) in [5, 5.41) is 3.47. The molecule has 0 spiro atoms. The number of ether oxygens (including phenoxy) is 2. The van der Waals surface area contributed by atoms with E-state index in [1.807, 2.05) is 0 Å². The van der Waals surface area contributed by atoms with Crippen LogP contribution in [-0.4, -0.2) is 33.1 Å². The van der Waals surface area contributed by atoms with Gasteiger partial charge >= 0.3 is 0 Å². The molecule has 0 heterocycles. The molecule has 1 atom stereocenters. The molecule has 0 bridgehead atoms. The van der Waals surface area contributed by atoms with Crippen molar-refractivity contribution < 1.29 is 9.47 Å². The van der Waals surface area contributed by atoms with Gasteiger partial charge in [0.05, 0.1) is 6.04 Å². The van der Waals surface area contributed by atoms with Crippen molar-refractivity contribution in [2.75, 3.05) is 20.8 Å². The highest BCUT2D eigenvalue weighted by Crippen LogP contribution is 2.14. The number of hydrogen-bond donors (Lipinski definition) is 1. The van der Waals surface area contributed by atoms with Crippen LogP contribution in [0.5, 0.6) is 0 Å². The Bertz CT molecular complexity index is 325. The van der Waals surface area contributed by atoms with E-state index >= 15 is 0 Å². The topological polar surface area (TPSA) is 30.5 Å². The predicted molar refractivity (Wildman–Crippen MR) is 77.7 cm³/mol. The van der Waals surface area contributed by atoms with Gasteiger partial charge in [-0.25, -0.2) is 0 Å².